The second-order valence-electron chi connectivity index (χ2n) is 6.95. The van der Waals surface area contributed by atoms with Gasteiger partial charge in [-0.25, -0.2) is 4.79 Å². The van der Waals surface area contributed by atoms with Crippen LogP contribution in [0.25, 0.3) is 11.3 Å². The first-order valence-corrected chi connectivity index (χ1v) is 8.35. The highest BCUT2D eigenvalue weighted by Crippen LogP contribution is 2.30. The van der Waals surface area contributed by atoms with Gasteiger partial charge in [0.25, 0.3) is 0 Å². The summed E-state index contributed by atoms with van der Waals surface area (Å²) in [6.07, 6.45) is 4.24. The summed E-state index contributed by atoms with van der Waals surface area (Å²) < 4.78 is 6.72. The van der Waals surface area contributed by atoms with E-state index in [2.05, 4.69) is 22.0 Å². The number of pyridine rings is 1. The predicted molar refractivity (Wildman–Crippen MR) is 100 cm³/mol. The number of aromatic nitrogens is 3. The van der Waals surface area contributed by atoms with Gasteiger partial charge in [-0.3, -0.25) is 19.8 Å². The van der Waals surface area contributed by atoms with E-state index in [0.29, 0.717) is 23.4 Å². The molecule has 1 atom stereocenters. The molecule has 0 aliphatic rings. The molecule has 1 N–H and O–H groups in total. The van der Waals surface area contributed by atoms with Gasteiger partial charge in [0.1, 0.15) is 17.5 Å². The molecule has 0 bridgehead atoms. The van der Waals surface area contributed by atoms with Crippen LogP contribution in [0.5, 0.6) is 0 Å². The lowest BCUT2D eigenvalue weighted by atomic mass is 10.1. The molecule has 0 saturated carbocycles. The topological polar surface area (TPSA) is 112 Å². The van der Waals surface area contributed by atoms with Crippen LogP contribution in [0.1, 0.15) is 38.9 Å². The fraction of sp³-hybridized carbons (Fsp3) is 0.389. The summed E-state index contributed by atoms with van der Waals surface area (Å²) in [6.45, 7) is 9.03. The Morgan fingerprint density at radius 2 is 2.22 bits per heavy atom. The second-order valence-corrected chi connectivity index (χ2v) is 6.95. The van der Waals surface area contributed by atoms with Crippen LogP contribution in [0.4, 0.5) is 10.5 Å². The van der Waals surface area contributed by atoms with Gasteiger partial charge in [0, 0.05) is 18.8 Å². The first kappa shape index (κ1) is 20.1. The highest BCUT2D eigenvalue weighted by molar-refractivity contribution is 5.70. The molecule has 0 aliphatic heterocycles. The molecule has 2 rings (SSSR count). The minimum Gasteiger partial charge on any atom is -0.444 e. The van der Waals surface area contributed by atoms with Crippen LogP contribution in [-0.4, -0.2) is 31.4 Å². The van der Waals surface area contributed by atoms with Crippen LogP contribution in [0.2, 0.25) is 0 Å². The van der Waals surface area contributed by atoms with Crippen molar-refractivity contribution in [1.82, 2.24) is 20.1 Å². The van der Waals surface area contributed by atoms with Crippen molar-refractivity contribution >= 4 is 11.8 Å². The predicted octanol–water partition coefficient (Wildman–Crippen LogP) is 3.53. The summed E-state index contributed by atoms with van der Waals surface area (Å²) >= 11 is 0. The Kier molecular flexibility index (Phi) is 5.94. The molecule has 2 aromatic rings. The molecular weight excluding hydrogens is 350 g/mol. The van der Waals surface area contributed by atoms with E-state index in [9.17, 15) is 14.9 Å². The average Bonchev–Trinajstić information content (AvgIpc) is 2.95. The number of rotatable bonds is 6. The third-order valence-electron chi connectivity index (χ3n) is 3.62. The van der Waals surface area contributed by atoms with Crippen LogP contribution in [0.15, 0.2) is 37.2 Å². The normalized spacial score (nSPS) is 12.3. The zero-order chi connectivity index (χ0) is 20.2. The number of hydrogen-bond donors (Lipinski definition) is 1. The summed E-state index contributed by atoms with van der Waals surface area (Å²) in [5.41, 5.74) is 0.738. The quantitative estimate of drug-likeness (QED) is 0.471. The number of hydrogen-bond acceptors (Lipinski definition) is 6. The molecule has 9 nitrogen and oxygen atoms in total. The molecule has 0 aliphatic carbocycles. The van der Waals surface area contributed by atoms with Gasteiger partial charge in [-0.15, -0.1) is 6.58 Å². The highest BCUT2D eigenvalue weighted by Gasteiger charge is 2.24. The fourth-order valence-electron chi connectivity index (χ4n) is 2.55. The monoisotopic (exact) mass is 373 g/mol. The summed E-state index contributed by atoms with van der Waals surface area (Å²) in [4.78, 5) is 27.2. The summed E-state index contributed by atoms with van der Waals surface area (Å²) in [7, 11) is 1.63. The van der Waals surface area contributed by atoms with Gasteiger partial charge in [0.05, 0.1) is 16.7 Å². The SMILES string of the molecule is C=CC[C@H](NC(=O)OC(C)(C)C)c1cc(-c2c([N+](=O)[O-])cnn2C)ccn1. The first-order valence-electron chi connectivity index (χ1n) is 8.35. The Morgan fingerprint density at radius 3 is 2.81 bits per heavy atom. The summed E-state index contributed by atoms with van der Waals surface area (Å²) in [5.74, 6) is 0. The standard InChI is InChI=1S/C18H23N5O4/c1-6-7-13(21-17(24)27-18(2,3)4)14-10-12(8-9-19-14)16-15(23(25)26)11-20-22(16)5/h6,8-11,13H,1,7H2,2-5H3,(H,21,24)/t13-/m0/s1. The number of nitrogens with one attached hydrogen (secondary N) is 1. The molecule has 144 valence electrons. The van der Waals surface area contributed by atoms with Crippen LogP contribution < -0.4 is 5.32 Å². The van der Waals surface area contributed by atoms with Gasteiger partial charge in [-0.05, 0) is 39.3 Å². The van der Waals surface area contributed by atoms with E-state index in [0.717, 1.165) is 0 Å². The Labute approximate surface area is 157 Å². The summed E-state index contributed by atoms with van der Waals surface area (Å²) in [6, 6.07) is 2.87. The van der Waals surface area contributed by atoms with Gasteiger partial charge in [0.15, 0.2) is 0 Å². The van der Waals surface area contributed by atoms with E-state index in [1.54, 1.807) is 46.0 Å². The molecule has 0 unspecified atom stereocenters. The lowest BCUT2D eigenvalue weighted by Gasteiger charge is -2.23. The van der Waals surface area contributed by atoms with E-state index in [1.165, 1.54) is 17.1 Å². The molecule has 0 saturated heterocycles. The van der Waals surface area contributed by atoms with Crippen molar-refractivity contribution in [1.29, 1.82) is 0 Å². The fourth-order valence-corrected chi connectivity index (χ4v) is 2.55. The second kappa shape index (κ2) is 7.98. The molecule has 0 spiro atoms. The minimum absolute atomic E-state index is 0.102. The molecule has 0 fully saturated rings. The molecule has 9 heteroatoms. The first-order chi connectivity index (χ1) is 12.6. The van der Waals surface area contributed by atoms with Gasteiger partial charge >= 0.3 is 11.8 Å². The number of aryl methyl sites for hydroxylation is 1. The van der Waals surface area contributed by atoms with E-state index in [1.807, 2.05) is 0 Å². The molecule has 27 heavy (non-hydrogen) atoms. The van der Waals surface area contributed by atoms with Crippen LogP contribution in [0.3, 0.4) is 0 Å². The van der Waals surface area contributed by atoms with E-state index in [-0.39, 0.29) is 5.69 Å². The highest BCUT2D eigenvalue weighted by atomic mass is 16.6. The van der Waals surface area contributed by atoms with E-state index >= 15 is 0 Å². The van der Waals surface area contributed by atoms with Crippen molar-refractivity contribution in [2.24, 2.45) is 7.05 Å². The van der Waals surface area contributed by atoms with Crippen molar-refractivity contribution in [2.75, 3.05) is 0 Å². The third-order valence-corrected chi connectivity index (χ3v) is 3.62. The van der Waals surface area contributed by atoms with Gasteiger partial charge < -0.3 is 10.1 Å². The summed E-state index contributed by atoms with van der Waals surface area (Å²) in [5, 5.41) is 18.0. The number of nitrogens with zero attached hydrogens (tertiary/aromatic N) is 4. The number of ether oxygens (including phenoxy) is 1. The van der Waals surface area contributed by atoms with Gasteiger partial charge in [-0.2, -0.15) is 5.10 Å². The maximum Gasteiger partial charge on any atom is 0.408 e. The Hall–Kier alpha value is -3.23. The third kappa shape index (κ3) is 5.13. The van der Waals surface area contributed by atoms with Crippen LogP contribution in [-0.2, 0) is 11.8 Å². The molecule has 2 heterocycles. The Balaban J connectivity index is 2.36. The zero-order valence-corrected chi connectivity index (χ0v) is 15.8. The molecule has 1 amide bonds. The van der Waals surface area contributed by atoms with E-state index < -0.39 is 22.7 Å². The van der Waals surface area contributed by atoms with Crippen LogP contribution in [0, 0.1) is 10.1 Å². The van der Waals surface area contributed by atoms with Crippen molar-refractivity contribution < 1.29 is 14.5 Å². The molecule has 2 aromatic heterocycles. The van der Waals surface area contributed by atoms with Crippen molar-refractivity contribution in [2.45, 2.75) is 38.8 Å². The number of carbonyl (C=O) groups excluding carboxylic acids is 1. The Bertz CT molecular complexity index is 854. The molecular formula is C18H23N5O4. The van der Waals surface area contributed by atoms with Crippen molar-refractivity contribution in [3.8, 4) is 11.3 Å². The smallest absolute Gasteiger partial charge is 0.408 e. The number of nitro groups is 1. The average molecular weight is 373 g/mol. The minimum atomic E-state index is -0.632. The van der Waals surface area contributed by atoms with Gasteiger partial charge in [-0.1, -0.05) is 6.08 Å². The maximum atomic E-state index is 12.1. The number of amides is 1. The van der Waals surface area contributed by atoms with Crippen molar-refractivity contribution in [3.05, 3.63) is 53.0 Å². The van der Waals surface area contributed by atoms with Gasteiger partial charge in [0.2, 0.25) is 0 Å². The largest absolute Gasteiger partial charge is 0.444 e. The number of alkyl carbamates (subject to hydrolysis) is 1. The van der Waals surface area contributed by atoms with E-state index in [4.69, 9.17) is 4.74 Å². The lowest BCUT2D eigenvalue weighted by molar-refractivity contribution is -0.384. The number of carbonyl (C=O) groups is 1. The maximum absolute atomic E-state index is 12.1. The van der Waals surface area contributed by atoms with Crippen molar-refractivity contribution in [3.63, 3.8) is 0 Å². The zero-order valence-electron chi connectivity index (χ0n) is 15.8. The molecule has 0 aromatic carbocycles. The van der Waals surface area contributed by atoms with Crippen LogP contribution >= 0.6 is 0 Å². The molecule has 0 radical (unpaired) electrons. The Morgan fingerprint density at radius 1 is 1.52 bits per heavy atom. The lowest BCUT2D eigenvalue weighted by Crippen LogP contribution is -2.35.